The van der Waals surface area contributed by atoms with Crippen molar-refractivity contribution in [2.75, 3.05) is 13.1 Å². The molecule has 8 aliphatic carbocycles. The summed E-state index contributed by atoms with van der Waals surface area (Å²) in [6.45, 7) is 12.2. The van der Waals surface area contributed by atoms with Crippen LogP contribution in [0.3, 0.4) is 0 Å². The van der Waals surface area contributed by atoms with E-state index in [1.54, 1.807) is 0 Å². The van der Waals surface area contributed by atoms with Crippen molar-refractivity contribution in [2.45, 2.75) is 161 Å². The van der Waals surface area contributed by atoms with Crippen molar-refractivity contribution in [1.82, 2.24) is 4.90 Å². The number of aliphatic hydroxyl groups is 2. The van der Waals surface area contributed by atoms with Crippen molar-refractivity contribution in [2.24, 2.45) is 46.3 Å². The maximum absolute atomic E-state index is 15.1. The average Bonchev–Trinajstić information content (AvgIpc) is 3.50. The highest BCUT2D eigenvalue weighted by molar-refractivity contribution is 6.10. The molecule has 0 spiro atoms. The number of fused-ring (bicyclic) bond motifs is 8. The van der Waals surface area contributed by atoms with Crippen molar-refractivity contribution in [3.8, 4) is 11.1 Å². The molecule has 6 saturated carbocycles. The fourth-order valence-electron chi connectivity index (χ4n) is 14.6. The van der Waals surface area contributed by atoms with Crippen molar-refractivity contribution >= 4 is 11.9 Å². The number of ether oxygens (including phenoxy) is 1. The number of carbonyl (C=O) groups is 2. The van der Waals surface area contributed by atoms with Crippen LogP contribution < -0.4 is 0 Å². The Morgan fingerprint density at radius 2 is 1.51 bits per heavy atom. The molecule has 11 rings (SSSR count). The van der Waals surface area contributed by atoms with E-state index in [9.17, 15) is 15.0 Å². The first kappa shape index (κ1) is 44.5. The molecule has 0 radical (unpaired) electrons. The van der Waals surface area contributed by atoms with Gasteiger partial charge in [0.05, 0.1) is 18.2 Å². The number of carbonyl (C=O) groups excluding carboxylic acids is 2. The molecule has 0 aromatic heterocycles. The van der Waals surface area contributed by atoms with E-state index in [-0.39, 0.29) is 35.9 Å². The number of hydrogen-bond donors (Lipinski definition) is 2. The standard InChI is InChI=1S/C57H75NO5/c1-37(2)48-21-14-39(4)26-52(48)63-54(61)58(35-56-32-41-27-42(33-56)29-43(28-41)34-56)36-57(62)25-23-51-49-22-15-40(30-47(59)20-13-38(3)10-9-24-55(51,57)5)31-50(49)53(60)46-18-16-45(17-19-46)44-11-7-6-8-12-44/h6-8,10-12,15-19,22,31,37,39,41-43,47-48,51-52,59,62H,9,13-14,20-21,23-30,32-36H2,1-5H3/t39-,41?,42?,43?,47-,48+,51-,52-,55-,56?,57+/m0/s1. The second kappa shape index (κ2) is 17.9. The third kappa shape index (κ3) is 9.11. The normalized spacial score (nSPS) is 35.2. The Morgan fingerprint density at radius 3 is 2.19 bits per heavy atom. The zero-order valence-electron chi connectivity index (χ0n) is 39.0. The molecular formula is C57H75NO5. The summed E-state index contributed by atoms with van der Waals surface area (Å²) in [6.07, 6.45) is 16.8. The van der Waals surface area contributed by atoms with Crippen molar-refractivity contribution in [3.05, 3.63) is 107 Å². The Morgan fingerprint density at radius 1 is 0.825 bits per heavy atom. The lowest BCUT2D eigenvalue weighted by Crippen LogP contribution is -2.58. The molecule has 7 atom stereocenters. The Balaban J connectivity index is 1.08. The summed E-state index contributed by atoms with van der Waals surface area (Å²) in [6, 6.07) is 24.5. The number of benzene rings is 3. The van der Waals surface area contributed by atoms with Gasteiger partial charge in [0.2, 0.25) is 0 Å². The highest BCUT2D eigenvalue weighted by atomic mass is 16.6. The third-order valence-electron chi connectivity index (χ3n) is 17.8. The van der Waals surface area contributed by atoms with Crippen molar-refractivity contribution in [1.29, 1.82) is 0 Å². The van der Waals surface area contributed by atoms with Gasteiger partial charge in [-0.3, -0.25) is 4.79 Å². The molecular weight excluding hydrogens is 779 g/mol. The number of nitrogens with zero attached hydrogens (tertiary/aromatic N) is 1. The first-order chi connectivity index (χ1) is 30.2. The summed E-state index contributed by atoms with van der Waals surface area (Å²) in [4.78, 5) is 32.0. The smallest absolute Gasteiger partial charge is 0.410 e. The van der Waals surface area contributed by atoms with Gasteiger partial charge in [-0.15, -0.1) is 0 Å². The van der Waals surface area contributed by atoms with Crippen LogP contribution in [0.5, 0.6) is 0 Å². The number of hydrogen-bond acceptors (Lipinski definition) is 5. The van der Waals surface area contributed by atoms with Crippen molar-refractivity contribution < 1.29 is 24.5 Å². The Hall–Kier alpha value is -3.74. The lowest BCUT2D eigenvalue weighted by molar-refractivity contribution is -0.108. The van der Waals surface area contributed by atoms with E-state index in [1.807, 2.05) is 53.4 Å². The molecule has 6 nitrogen and oxygen atoms in total. The second-order valence-corrected chi connectivity index (χ2v) is 22.7. The van der Waals surface area contributed by atoms with Crippen LogP contribution in [0.25, 0.3) is 11.1 Å². The average molecular weight is 854 g/mol. The monoisotopic (exact) mass is 854 g/mol. The first-order valence-electron chi connectivity index (χ1n) is 25.0. The van der Waals surface area contributed by atoms with Gasteiger partial charge in [-0.25, -0.2) is 4.79 Å². The zero-order chi connectivity index (χ0) is 44.1. The quantitative estimate of drug-likeness (QED) is 0.165. The molecule has 6 heteroatoms. The SMILES string of the molecule is CC1=CCC[C@@]2(C)[C@@H](CC[C@@]2(O)CN(CC23CC4CC(CC(C4)C2)C3)C(=O)O[C@H]2C[C@@H](C)CC[C@@H]2C(C)C)c2ccc(cc2C(=O)c2ccc(-c3ccccc3)cc2)C[C@@H](O)CC1. The molecule has 0 heterocycles. The van der Waals surface area contributed by atoms with Crippen molar-refractivity contribution in [3.63, 3.8) is 0 Å². The summed E-state index contributed by atoms with van der Waals surface area (Å²) in [5.41, 5.74) is 4.85. The van der Waals surface area contributed by atoms with Gasteiger partial charge in [-0.05, 0) is 178 Å². The van der Waals surface area contributed by atoms with E-state index in [2.05, 4.69) is 65.0 Å². The Kier molecular flexibility index (Phi) is 12.6. The fraction of sp³-hybridized carbons (Fsp3) is 0.614. The predicted molar refractivity (Wildman–Crippen MR) is 253 cm³/mol. The van der Waals surface area contributed by atoms with E-state index in [1.165, 1.54) is 50.5 Å². The first-order valence-corrected chi connectivity index (χ1v) is 25.0. The molecule has 3 aromatic rings. The largest absolute Gasteiger partial charge is 0.446 e. The lowest BCUT2D eigenvalue weighted by Gasteiger charge is -2.58. The van der Waals surface area contributed by atoms with E-state index in [0.717, 1.165) is 65.7 Å². The summed E-state index contributed by atoms with van der Waals surface area (Å²) in [5, 5.41) is 24.8. The Bertz CT molecular complexity index is 2110. The van der Waals surface area contributed by atoms with Gasteiger partial charge >= 0.3 is 6.09 Å². The van der Waals surface area contributed by atoms with Gasteiger partial charge in [0.25, 0.3) is 0 Å². The summed E-state index contributed by atoms with van der Waals surface area (Å²) in [5.74, 6) is 3.38. The lowest BCUT2D eigenvalue weighted by atomic mass is 9.49. The van der Waals surface area contributed by atoms with Gasteiger partial charge in [-0.2, -0.15) is 0 Å². The van der Waals surface area contributed by atoms with Gasteiger partial charge in [-0.1, -0.05) is 112 Å². The Labute approximate surface area is 378 Å². The highest BCUT2D eigenvalue weighted by Crippen LogP contribution is 2.62. The van der Waals surface area contributed by atoms with Gasteiger partial charge in [0, 0.05) is 23.1 Å². The van der Waals surface area contributed by atoms with Crippen LogP contribution in [0.4, 0.5) is 4.79 Å². The zero-order valence-corrected chi connectivity index (χ0v) is 39.0. The number of amides is 1. The van der Waals surface area contributed by atoms with Crippen LogP contribution in [0.1, 0.15) is 164 Å². The van der Waals surface area contributed by atoms with Gasteiger partial charge < -0.3 is 19.8 Å². The minimum atomic E-state index is -1.21. The molecule has 0 unspecified atom stereocenters. The molecule has 63 heavy (non-hydrogen) atoms. The van der Waals surface area contributed by atoms with Crippen LogP contribution in [-0.2, 0) is 11.2 Å². The molecule has 6 bridgehead atoms. The molecule has 0 saturated heterocycles. The summed E-state index contributed by atoms with van der Waals surface area (Å²) in [7, 11) is 0. The second-order valence-electron chi connectivity index (χ2n) is 22.7. The molecule has 3 aromatic carbocycles. The molecule has 2 N–H and O–H groups in total. The molecule has 8 aliphatic rings. The van der Waals surface area contributed by atoms with Gasteiger partial charge in [0.15, 0.2) is 5.78 Å². The summed E-state index contributed by atoms with van der Waals surface area (Å²) < 4.78 is 6.75. The predicted octanol–water partition coefficient (Wildman–Crippen LogP) is 12.7. The molecule has 1 amide bonds. The van der Waals surface area contributed by atoms with E-state index in [0.29, 0.717) is 67.5 Å². The van der Waals surface area contributed by atoms with Gasteiger partial charge in [0.1, 0.15) is 6.10 Å². The number of aliphatic hydroxyl groups excluding tert-OH is 1. The molecule has 338 valence electrons. The topological polar surface area (TPSA) is 87.1 Å². The molecule has 6 fully saturated rings. The number of rotatable bonds is 9. The minimum Gasteiger partial charge on any atom is -0.446 e. The fourth-order valence-corrected chi connectivity index (χ4v) is 14.6. The van der Waals surface area contributed by atoms with Crippen LogP contribution >= 0.6 is 0 Å². The van der Waals surface area contributed by atoms with Crippen LogP contribution in [-0.4, -0.2) is 57.9 Å². The number of allylic oxidation sites excluding steroid dienone is 2. The minimum absolute atomic E-state index is 0.0324. The van der Waals surface area contributed by atoms with Crippen LogP contribution in [0, 0.1) is 46.3 Å². The maximum atomic E-state index is 15.1. The molecule has 0 aliphatic heterocycles. The van der Waals surface area contributed by atoms with Crippen LogP contribution in [0.15, 0.2) is 84.4 Å². The van der Waals surface area contributed by atoms with E-state index < -0.39 is 17.1 Å². The summed E-state index contributed by atoms with van der Waals surface area (Å²) >= 11 is 0. The highest BCUT2D eigenvalue weighted by Gasteiger charge is 2.59. The van der Waals surface area contributed by atoms with E-state index in [4.69, 9.17) is 4.74 Å². The van der Waals surface area contributed by atoms with E-state index >= 15 is 4.79 Å². The van der Waals surface area contributed by atoms with Crippen LogP contribution in [0.2, 0.25) is 0 Å². The maximum Gasteiger partial charge on any atom is 0.410 e. The number of ketones is 1. The third-order valence-corrected chi connectivity index (χ3v) is 17.8.